The minimum absolute atomic E-state index is 0.620. The maximum absolute atomic E-state index is 5.34. The van der Waals surface area contributed by atoms with Crippen LogP contribution < -0.4 is 0 Å². The molecule has 0 amide bonds. The average Bonchev–Trinajstić information content (AvgIpc) is 3.91. The van der Waals surface area contributed by atoms with Crippen molar-refractivity contribution in [2.24, 2.45) is 0 Å². The number of benzene rings is 9. The first kappa shape index (κ1) is 35.9. The van der Waals surface area contributed by atoms with Crippen LogP contribution in [0.15, 0.2) is 218 Å². The lowest BCUT2D eigenvalue weighted by atomic mass is 9.94. The Kier molecular flexibility index (Phi) is 8.65. The highest BCUT2D eigenvalue weighted by atomic mass is 32.1. The molecule has 0 aliphatic rings. The summed E-state index contributed by atoms with van der Waals surface area (Å²) >= 11 is 1.87. The van der Waals surface area contributed by atoms with Gasteiger partial charge in [-0.2, -0.15) is 0 Å². The Morgan fingerprint density at radius 3 is 1.45 bits per heavy atom. The second-order valence-electron chi connectivity index (χ2n) is 15.6. The van der Waals surface area contributed by atoms with Gasteiger partial charge in [0.2, 0.25) is 0 Å². The molecule has 4 nitrogen and oxygen atoms in total. The summed E-state index contributed by atoms with van der Waals surface area (Å²) in [6.07, 6.45) is 0. The van der Waals surface area contributed by atoms with E-state index >= 15 is 0 Å². The number of thiophene rings is 1. The third kappa shape index (κ3) is 6.18. The lowest BCUT2D eigenvalue weighted by Gasteiger charge is -2.13. The van der Waals surface area contributed by atoms with Crippen LogP contribution in [-0.2, 0) is 0 Å². The average molecular weight is 809 g/mol. The molecule has 0 fully saturated rings. The van der Waals surface area contributed by atoms with Crippen molar-refractivity contribution in [1.29, 1.82) is 0 Å². The highest BCUT2D eigenvalue weighted by Crippen LogP contribution is 2.45. The van der Waals surface area contributed by atoms with Gasteiger partial charge in [-0.3, -0.25) is 0 Å². The van der Waals surface area contributed by atoms with Gasteiger partial charge >= 0.3 is 0 Å². The lowest BCUT2D eigenvalue weighted by Crippen LogP contribution is -2.01. The SMILES string of the molecule is c1ccc(-c2cc(-c3nc(-c4ccccc4)nc(-c4ccc5c(c4)c4ccccc4n5-c4ccccc4)n3)cc(-c3cccc4c3sc3c(-c5ccccc5)cccc34)c2)cc1. The van der Waals surface area contributed by atoms with Gasteiger partial charge in [0.1, 0.15) is 0 Å². The molecule has 0 N–H and O–H groups in total. The third-order valence-corrected chi connectivity index (χ3v) is 13.1. The Morgan fingerprint density at radius 1 is 0.290 bits per heavy atom. The first-order chi connectivity index (χ1) is 30.7. The van der Waals surface area contributed by atoms with E-state index < -0.39 is 0 Å². The summed E-state index contributed by atoms with van der Waals surface area (Å²) in [6, 6.07) is 77.4. The van der Waals surface area contributed by atoms with E-state index in [1.165, 1.54) is 42.2 Å². The molecule has 5 heteroatoms. The number of hydrogen-bond donors (Lipinski definition) is 0. The van der Waals surface area contributed by atoms with Gasteiger partial charge in [0, 0.05) is 53.3 Å². The van der Waals surface area contributed by atoms with Gasteiger partial charge in [-0.15, -0.1) is 11.3 Å². The van der Waals surface area contributed by atoms with Crippen LogP contribution in [0.2, 0.25) is 0 Å². The minimum Gasteiger partial charge on any atom is -0.309 e. The van der Waals surface area contributed by atoms with E-state index in [0.717, 1.165) is 55.5 Å². The van der Waals surface area contributed by atoms with E-state index in [1.807, 2.05) is 29.5 Å². The molecule has 0 atom stereocenters. The van der Waals surface area contributed by atoms with E-state index in [4.69, 9.17) is 15.0 Å². The number of para-hydroxylation sites is 2. The zero-order valence-corrected chi connectivity index (χ0v) is 34.3. The van der Waals surface area contributed by atoms with Crippen LogP contribution in [0.25, 0.3) is 115 Å². The summed E-state index contributed by atoms with van der Waals surface area (Å²) in [5.41, 5.74) is 13.2. The number of rotatable bonds is 7. The normalized spacial score (nSPS) is 11.5. The monoisotopic (exact) mass is 808 g/mol. The molecule has 0 unspecified atom stereocenters. The molecule has 290 valence electrons. The van der Waals surface area contributed by atoms with Crippen LogP contribution >= 0.6 is 11.3 Å². The molecule has 3 aromatic heterocycles. The zero-order valence-electron chi connectivity index (χ0n) is 33.5. The molecule has 12 aromatic rings. The predicted molar refractivity (Wildman–Crippen MR) is 260 cm³/mol. The molecule has 0 bridgehead atoms. The lowest BCUT2D eigenvalue weighted by molar-refractivity contribution is 1.07. The van der Waals surface area contributed by atoms with Crippen molar-refractivity contribution in [3.8, 4) is 73.2 Å². The fourth-order valence-corrected chi connectivity index (χ4v) is 10.3. The summed E-state index contributed by atoms with van der Waals surface area (Å²) in [4.78, 5) is 15.8. The molecule has 3 heterocycles. The quantitative estimate of drug-likeness (QED) is 0.161. The zero-order chi connectivity index (χ0) is 41.0. The first-order valence-corrected chi connectivity index (χ1v) is 21.7. The molecule has 0 radical (unpaired) electrons. The molecule has 12 rings (SSSR count). The van der Waals surface area contributed by atoms with Crippen LogP contribution in [0.3, 0.4) is 0 Å². The van der Waals surface area contributed by atoms with Crippen molar-refractivity contribution in [2.45, 2.75) is 0 Å². The number of nitrogens with zero attached hydrogens (tertiary/aromatic N) is 4. The molecule has 9 aromatic carbocycles. The fourth-order valence-electron chi connectivity index (χ4n) is 8.92. The molecular formula is C57H36N4S. The predicted octanol–water partition coefficient (Wildman–Crippen LogP) is 15.3. The maximum atomic E-state index is 5.34. The van der Waals surface area contributed by atoms with E-state index in [1.54, 1.807) is 0 Å². The summed E-state index contributed by atoms with van der Waals surface area (Å²) < 4.78 is 4.88. The summed E-state index contributed by atoms with van der Waals surface area (Å²) in [5, 5.41) is 4.85. The van der Waals surface area contributed by atoms with Crippen LogP contribution in [0.5, 0.6) is 0 Å². The van der Waals surface area contributed by atoms with Gasteiger partial charge < -0.3 is 4.57 Å². The molecule has 0 spiro atoms. The maximum Gasteiger partial charge on any atom is 0.164 e. The van der Waals surface area contributed by atoms with Crippen molar-refractivity contribution in [3.05, 3.63) is 218 Å². The van der Waals surface area contributed by atoms with E-state index in [2.05, 4.69) is 205 Å². The van der Waals surface area contributed by atoms with Crippen LogP contribution in [0.4, 0.5) is 0 Å². The van der Waals surface area contributed by atoms with Gasteiger partial charge in [-0.25, -0.2) is 15.0 Å². The van der Waals surface area contributed by atoms with Gasteiger partial charge in [-0.1, -0.05) is 164 Å². The Morgan fingerprint density at radius 2 is 0.774 bits per heavy atom. The smallest absolute Gasteiger partial charge is 0.164 e. The van der Waals surface area contributed by atoms with Gasteiger partial charge in [0.05, 0.1) is 11.0 Å². The second kappa shape index (κ2) is 14.9. The third-order valence-electron chi connectivity index (χ3n) is 11.8. The molecule has 0 aliphatic carbocycles. The largest absolute Gasteiger partial charge is 0.309 e. The van der Waals surface area contributed by atoms with Crippen molar-refractivity contribution >= 4 is 53.3 Å². The Labute approximate surface area is 362 Å². The fraction of sp³-hybridized carbons (Fsp3) is 0. The van der Waals surface area contributed by atoms with Crippen LogP contribution in [0, 0.1) is 0 Å². The Bertz CT molecular complexity index is 3610. The summed E-state index contributed by atoms with van der Waals surface area (Å²) in [5.74, 6) is 1.87. The van der Waals surface area contributed by atoms with Crippen LogP contribution in [0.1, 0.15) is 0 Å². The van der Waals surface area contributed by atoms with Crippen molar-refractivity contribution < 1.29 is 0 Å². The Hall–Kier alpha value is -7.99. The van der Waals surface area contributed by atoms with Crippen molar-refractivity contribution in [2.75, 3.05) is 0 Å². The summed E-state index contributed by atoms with van der Waals surface area (Å²) in [7, 11) is 0. The molecule has 0 aliphatic heterocycles. The molecule has 0 saturated heterocycles. The molecule has 62 heavy (non-hydrogen) atoms. The van der Waals surface area contributed by atoms with E-state index in [9.17, 15) is 0 Å². The van der Waals surface area contributed by atoms with E-state index in [-0.39, 0.29) is 0 Å². The number of aromatic nitrogens is 4. The topological polar surface area (TPSA) is 43.6 Å². The van der Waals surface area contributed by atoms with Crippen molar-refractivity contribution in [1.82, 2.24) is 19.5 Å². The summed E-state index contributed by atoms with van der Waals surface area (Å²) in [6.45, 7) is 0. The van der Waals surface area contributed by atoms with E-state index in [0.29, 0.717) is 17.5 Å². The van der Waals surface area contributed by atoms with Gasteiger partial charge in [0.25, 0.3) is 0 Å². The number of hydrogen-bond acceptors (Lipinski definition) is 4. The standard InChI is InChI=1S/C57H36N4S/c1-5-17-37(18-6-1)41-33-42(46-27-16-29-49-48-28-15-26-45(53(48)62-54(46)49)38-19-7-2-8-20-38)35-43(34-41)57-59-55(39-21-9-3-10-22-39)58-56(60-57)40-31-32-52-50(36-40)47-25-13-14-30-51(47)61(52)44-23-11-4-12-24-44/h1-36H. The first-order valence-electron chi connectivity index (χ1n) is 20.8. The highest BCUT2D eigenvalue weighted by molar-refractivity contribution is 7.26. The second-order valence-corrected chi connectivity index (χ2v) is 16.6. The molecule has 0 saturated carbocycles. The van der Waals surface area contributed by atoms with Crippen LogP contribution in [-0.4, -0.2) is 19.5 Å². The van der Waals surface area contributed by atoms with Gasteiger partial charge in [-0.05, 0) is 88.0 Å². The Balaban J connectivity index is 1.07. The van der Waals surface area contributed by atoms with Gasteiger partial charge in [0.15, 0.2) is 17.5 Å². The molecular weight excluding hydrogens is 773 g/mol. The van der Waals surface area contributed by atoms with Crippen molar-refractivity contribution in [3.63, 3.8) is 0 Å². The highest BCUT2D eigenvalue weighted by Gasteiger charge is 2.19. The number of fused-ring (bicyclic) bond motifs is 6. The minimum atomic E-state index is 0.620.